The molecule has 0 amide bonds. The van der Waals surface area contributed by atoms with Crippen LogP contribution in [0.15, 0.2) is 4.99 Å². The van der Waals surface area contributed by atoms with Crippen LogP contribution in [-0.4, -0.2) is 36.3 Å². The first-order valence-corrected chi connectivity index (χ1v) is 8.92. The first-order chi connectivity index (χ1) is 10.2. The summed E-state index contributed by atoms with van der Waals surface area (Å²) in [6.45, 7) is 6.35. The highest BCUT2D eigenvalue weighted by Crippen LogP contribution is 2.29. The van der Waals surface area contributed by atoms with Gasteiger partial charge in [0.15, 0.2) is 5.96 Å². The minimum absolute atomic E-state index is 0.0920. The van der Waals surface area contributed by atoms with Crippen molar-refractivity contribution in [1.82, 2.24) is 10.6 Å². The molecule has 3 N–H and O–H groups in total. The number of hydrogen-bond acceptors (Lipinski definition) is 2. The summed E-state index contributed by atoms with van der Waals surface area (Å²) in [4.78, 5) is 4.83. The van der Waals surface area contributed by atoms with Gasteiger partial charge in [-0.25, -0.2) is 0 Å². The van der Waals surface area contributed by atoms with Gasteiger partial charge in [0.1, 0.15) is 0 Å². The summed E-state index contributed by atoms with van der Waals surface area (Å²) in [6.07, 6.45) is 9.29. The van der Waals surface area contributed by atoms with Gasteiger partial charge < -0.3 is 15.7 Å². The Kier molecular flexibility index (Phi) is 6.81. The van der Waals surface area contributed by atoms with Gasteiger partial charge in [0.2, 0.25) is 0 Å². The second-order valence-corrected chi connectivity index (χ2v) is 6.89. The first kappa shape index (κ1) is 16.6. The topological polar surface area (TPSA) is 56.7 Å². The van der Waals surface area contributed by atoms with Crippen LogP contribution >= 0.6 is 0 Å². The van der Waals surface area contributed by atoms with Crippen molar-refractivity contribution in [2.45, 2.75) is 77.4 Å². The van der Waals surface area contributed by atoms with Gasteiger partial charge in [-0.15, -0.1) is 0 Å². The van der Waals surface area contributed by atoms with E-state index in [9.17, 15) is 5.11 Å². The molecule has 0 aromatic rings. The van der Waals surface area contributed by atoms with Crippen molar-refractivity contribution in [2.75, 3.05) is 13.1 Å². The molecule has 2 rings (SSSR count). The third-order valence-electron chi connectivity index (χ3n) is 5.15. The zero-order valence-electron chi connectivity index (χ0n) is 13.8. The van der Waals surface area contributed by atoms with E-state index in [0.717, 1.165) is 56.6 Å². The predicted octanol–water partition coefficient (Wildman–Crippen LogP) is 2.67. The van der Waals surface area contributed by atoms with Crippen LogP contribution < -0.4 is 10.6 Å². The summed E-state index contributed by atoms with van der Waals surface area (Å²) in [6, 6.07) is 0.468. The van der Waals surface area contributed by atoms with E-state index in [0.29, 0.717) is 6.04 Å². The summed E-state index contributed by atoms with van der Waals surface area (Å²) >= 11 is 0. The van der Waals surface area contributed by atoms with Gasteiger partial charge in [-0.05, 0) is 50.9 Å². The van der Waals surface area contributed by atoms with Crippen LogP contribution in [0.2, 0.25) is 0 Å². The van der Waals surface area contributed by atoms with E-state index in [-0.39, 0.29) is 6.10 Å². The van der Waals surface area contributed by atoms with Gasteiger partial charge in [-0.1, -0.05) is 26.2 Å². The number of hydrogen-bond donors (Lipinski definition) is 3. The monoisotopic (exact) mass is 295 g/mol. The van der Waals surface area contributed by atoms with Crippen molar-refractivity contribution in [3.05, 3.63) is 0 Å². The molecule has 2 fully saturated rings. The highest BCUT2D eigenvalue weighted by Gasteiger charge is 2.22. The Balaban J connectivity index is 1.83. The summed E-state index contributed by atoms with van der Waals surface area (Å²) in [7, 11) is 0. The van der Waals surface area contributed by atoms with Gasteiger partial charge in [-0.2, -0.15) is 0 Å². The Labute approximate surface area is 129 Å². The predicted molar refractivity (Wildman–Crippen MR) is 88.5 cm³/mol. The lowest BCUT2D eigenvalue weighted by atomic mass is 9.80. The zero-order valence-corrected chi connectivity index (χ0v) is 13.8. The average Bonchev–Trinajstić information content (AvgIpc) is 2.49. The fraction of sp³-hybridized carbons (Fsp3) is 0.941. The minimum atomic E-state index is -0.0920. The molecule has 2 saturated carbocycles. The fourth-order valence-electron chi connectivity index (χ4n) is 3.61. The number of aliphatic hydroxyl groups excluding tert-OH is 1. The molecule has 122 valence electrons. The molecule has 0 aliphatic heterocycles. The molecule has 4 nitrogen and oxygen atoms in total. The van der Waals surface area contributed by atoms with Gasteiger partial charge >= 0.3 is 0 Å². The Morgan fingerprint density at radius 3 is 2.48 bits per heavy atom. The third kappa shape index (κ3) is 5.50. The van der Waals surface area contributed by atoms with E-state index >= 15 is 0 Å². The Morgan fingerprint density at radius 1 is 1.10 bits per heavy atom. The molecule has 0 heterocycles. The van der Waals surface area contributed by atoms with Crippen LogP contribution in [0.4, 0.5) is 0 Å². The summed E-state index contributed by atoms with van der Waals surface area (Å²) in [5.41, 5.74) is 0. The van der Waals surface area contributed by atoms with Gasteiger partial charge in [0, 0.05) is 19.1 Å². The molecular formula is C17H33N3O. The fourth-order valence-corrected chi connectivity index (χ4v) is 3.61. The van der Waals surface area contributed by atoms with Crippen LogP contribution in [0.3, 0.4) is 0 Å². The first-order valence-electron chi connectivity index (χ1n) is 8.92. The second kappa shape index (κ2) is 8.62. The Morgan fingerprint density at radius 2 is 1.81 bits per heavy atom. The van der Waals surface area contributed by atoms with Gasteiger partial charge in [0.25, 0.3) is 0 Å². The lowest BCUT2D eigenvalue weighted by molar-refractivity contribution is 0.120. The van der Waals surface area contributed by atoms with Crippen LogP contribution in [0, 0.1) is 11.8 Å². The van der Waals surface area contributed by atoms with Crippen LogP contribution in [0.5, 0.6) is 0 Å². The van der Waals surface area contributed by atoms with Crippen molar-refractivity contribution < 1.29 is 5.11 Å². The molecule has 2 aliphatic carbocycles. The molecule has 0 radical (unpaired) electrons. The standard InChI is InChI=1S/C17H33N3O/c1-3-18-17(20-15-8-10-16(21)11-9-15)19-12-14-7-5-4-6-13(14)2/h13-16,21H,3-12H2,1-2H3,(H2,18,19,20). The maximum Gasteiger partial charge on any atom is 0.191 e. The molecule has 0 spiro atoms. The number of aliphatic hydroxyl groups is 1. The maximum atomic E-state index is 9.59. The summed E-state index contributed by atoms with van der Waals surface area (Å²) in [5.74, 6) is 2.54. The number of nitrogens with zero attached hydrogens (tertiary/aromatic N) is 1. The van der Waals surface area contributed by atoms with Gasteiger partial charge in [0.05, 0.1) is 6.10 Å². The molecular weight excluding hydrogens is 262 g/mol. The zero-order chi connectivity index (χ0) is 15.1. The molecule has 2 unspecified atom stereocenters. The Hall–Kier alpha value is -0.770. The molecule has 21 heavy (non-hydrogen) atoms. The van der Waals surface area contributed by atoms with E-state index in [1.165, 1.54) is 25.7 Å². The SMILES string of the molecule is CCNC(=NCC1CCCCC1C)NC1CCC(O)CC1. The lowest BCUT2D eigenvalue weighted by Gasteiger charge is -2.29. The largest absolute Gasteiger partial charge is 0.393 e. The molecule has 0 aromatic heterocycles. The highest BCUT2D eigenvalue weighted by atomic mass is 16.3. The number of guanidine groups is 1. The van der Waals surface area contributed by atoms with Crippen LogP contribution in [-0.2, 0) is 0 Å². The van der Waals surface area contributed by atoms with E-state index in [4.69, 9.17) is 4.99 Å². The second-order valence-electron chi connectivity index (χ2n) is 6.89. The van der Waals surface area contributed by atoms with Crippen molar-refractivity contribution in [3.63, 3.8) is 0 Å². The summed E-state index contributed by atoms with van der Waals surface area (Å²) in [5, 5.41) is 16.5. The average molecular weight is 295 g/mol. The molecule has 0 saturated heterocycles. The van der Waals surface area contributed by atoms with E-state index in [1.807, 2.05) is 0 Å². The number of rotatable bonds is 4. The van der Waals surface area contributed by atoms with E-state index < -0.39 is 0 Å². The van der Waals surface area contributed by atoms with Crippen molar-refractivity contribution in [3.8, 4) is 0 Å². The molecule has 2 aliphatic rings. The number of nitrogens with one attached hydrogen (secondary N) is 2. The van der Waals surface area contributed by atoms with E-state index in [2.05, 4.69) is 24.5 Å². The highest BCUT2D eigenvalue weighted by molar-refractivity contribution is 5.80. The maximum absolute atomic E-state index is 9.59. The summed E-state index contributed by atoms with van der Waals surface area (Å²) < 4.78 is 0. The molecule has 0 bridgehead atoms. The van der Waals surface area contributed by atoms with Crippen LogP contribution in [0.1, 0.15) is 65.2 Å². The smallest absolute Gasteiger partial charge is 0.191 e. The lowest BCUT2D eigenvalue weighted by Crippen LogP contribution is -2.45. The normalized spacial score (nSPS) is 34.5. The van der Waals surface area contributed by atoms with E-state index in [1.54, 1.807) is 0 Å². The third-order valence-corrected chi connectivity index (χ3v) is 5.15. The van der Waals surface area contributed by atoms with Crippen molar-refractivity contribution in [1.29, 1.82) is 0 Å². The minimum Gasteiger partial charge on any atom is -0.393 e. The quantitative estimate of drug-likeness (QED) is 0.552. The Bertz CT molecular complexity index is 324. The number of aliphatic imine (C=N–C) groups is 1. The van der Waals surface area contributed by atoms with Crippen molar-refractivity contribution >= 4 is 5.96 Å². The molecule has 4 heteroatoms. The molecule has 2 atom stereocenters. The van der Waals surface area contributed by atoms with Crippen molar-refractivity contribution in [2.24, 2.45) is 16.8 Å². The molecule has 0 aromatic carbocycles. The van der Waals surface area contributed by atoms with Gasteiger partial charge in [-0.3, -0.25) is 4.99 Å². The van der Waals surface area contributed by atoms with Crippen LogP contribution in [0.25, 0.3) is 0 Å².